The zero-order valence-electron chi connectivity index (χ0n) is 11.6. The van der Waals surface area contributed by atoms with Gasteiger partial charge in [0.2, 0.25) is 0 Å². The van der Waals surface area contributed by atoms with Crippen LogP contribution < -0.4 is 10.0 Å². The van der Waals surface area contributed by atoms with E-state index in [1.165, 1.54) is 18.5 Å². The zero-order chi connectivity index (χ0) is 14.8. The van der Waals surface area contributed by atoms with Gasteiger partial charge in [0.15, 0.2) is 0 Å². The maximum absolute atomic E-state index is 12.2. The Hall–Kier alpha value is -1.80. The molecule has 8 heteroatoms. The van der Waals surface area contributed by atoms with E-state index in [0.29, 0.717) is 29.8 Å². The highest BCUT2D eigenvalue weighted by Gasteiger charge is 2.21. The maximum Gasteiger partial charge on any atom is 0.265 e. The van der Waals surface area contributed by atoms with E-state index in [1.807, 2.05) is 13.8 Å². The van der Waals surface area contributed by atoms with Crippen LogP contribution in [0.4, 0.5) is 5.69 Å². The summed E-state index contributed by atoms with van der Waals surface area (Å²) >= 11 is 0. The smallest absolute Gasteiger partial charge is 0.265 e. The van der Waals surface area contributed by atoms with E-state index in [0.717, 1.165) is 0 Å². The van der Waals surface area contributed by atoms with Gasteiger partial charge >= 0.3 is 0 Å². The van der Waals surface area contributed by atoms with Crippen LogP contribution in [0.25, 0.3) is 0 Å². The Morgan fingerprint density at radius 1 is 1.45 bits per heavy atom. The minimum Gasteiger partial charge on any atom is -0.464 e. The fraction of sp³-hybridized carbons (Fsp3) is 0.417. The molecule has 2 heterocycles. The standard InChI is InChI=1S/C12H18N4O3S/c1-8(2)13-7-11-4-12(9(3)19-11)20(17,18)16-10-5-14-15-6-10/h4-6,8,13,16H,7H2,1-3H3,(H,14,15). The van der Waals surface area contributed by atoms with E-state index < -0.39 is 10.0 Å². The van der Waals surface area contributed by atoms with Gasteiger partial charge in [-0.15, -0.1) is 0 Å². The number of aromatic amines is 1. The number of H-pyrrole nitrogens is 1. The number of hydrogen-bond donors (Lipinski definition) is 3. The Bertz CT molecular complexity index is 659. The highest BCUT2D eigenvalue weighted by atomic mass is 32.2. The van der Waals surface area contributed by atoms with Gasteiger partial charge in [-0.3, -0.25) is 9.82 Å². The predicted molar refractivity (Wildman–Crippen MR) is 74.8 cm³/mol. The summed E-state index contributed by atoms with van der Waals surface area (Å²) in [5, 5.41) is 9.41. The molecule has 0 aliphatic carbocycles. The number of aromatic nitrogens is 2. The van der Waals surface area contributed by atoms with Gasteiger partial charge in [0.1, 0.15) is 16.4 Å². The average Bonchev–Trinajstić information content (AvgIpc) is 2.95. The number of nitrogens with one attached hydrogen (secondary N) is 3. The van der Waals surface area contributed by atoms with Crippen molar-refractivity contribution in [2.24, 2.45) is 0 Å². The number of aryl methyl sites for hydroxylation is 1. The Kier molecular flexibility index (Phi) is 4.15. The van der Waals surface area contributed by atoms with Crippen LogP contribution in [0.2, 0.25) is 0 Å². The molecule has 0 spiro atoms. The molecule has 0 aliphatic heterocycles. The molecule has 0 aromatic carbocycles. The highest BCUT2D eigenvalue weighted by Crippen LogP contribution is 2.22. The number of anilines is 1. The lowest BCUT2D eigenvalue weighted by atomic mass is 10.3. The first-order valence-electron chi connectivity index (χ1n) is 6.23. The summed E-state index contributed by atoms with van der Waals surface area (Å²) < 4.78 is 32.4. The fourth-order valence-electron chi connectivity index (χ4n) is 1.70. The third-order valence-corrected chi connectivity index (χ3v) is 4.14. The van der Waals surface area contributed by atoms with Crippen LogP contribution in [0.1, 0.15) is 25.4 Å². The topological polar surface area (TPSA) is 100 Å². The molecule has 0 unspecified atom stereocenters. The summed E-state index contributed by atoms with van der Waals surface area (Å²) in [5.41, 5.74) is 0.382. The molecule has 0 radical (unpaired) electrons. The quantitative estimate of drug-likeness (QED) is 0.752. The van der Waals surface area contributed by atoms with Gasteiger partial charge in [0, 0.05) is 18.3 Å². The molecule has 0 saturated carbocycles. The van der Waals surface area contributed by atoms with Crippen LogP contribution in [-0.2, 0) is 16.6 Å². The lowest BCUT2D eigenvalue weighted by Gasteiger charge is -2.04. The molecule has 0 fully saturated rings. The summed E-state index contributed by atoms with van der Waals surface area (Å²) in [4.78, 5) is 0.138. The van der Waals surface area contributed by atoms with E-state index in [-0.39, 0.29) is 4.90 Å². The number of hydrogen-bond acceptors (Lipinski definition) is 5. The number of rotatable bonds is 6. The molecule has 3 N–H and O–H groups in total. The fourth-order valence-corrected chi connectivity index (χ4v) is 2.94. The molecule has 0 atom stereocenters. The number of nitrogens with zero attached hydrogens (tertiary/aromatic N) is 1. The lowest BCUT2D eigenvalue weighted by molar-refractivity contribution is 0.444. The van der Waals surface area contributed by atoms with Crippen LogP contribution in [0.5, 0.6) is 0 Å². The molecular formula is C12H18N4O3S. The second kappa shape index (κ2) is 5.68. The Labute approximate surface area is 117 Å². The van der Waals surface area contributed by atoms with E-state index in [2.05, 4.69) is 20.2 Å². The van der Waals surface area contributed by atoms with Crippen molar-refractivity contribution in [1.82, 2.24) is 15.5 Å². The van der Waals surface area contributed by atoms with E-state index in [9.17, 15) is 8.42 Å². The number of furan rings is 1. The molecule has 2 aromatic heterocycles. The van der Waals surface area contributed by atoms with Crippen LogP contribution in [0.3, 0.4) is 0 Å². The van der Waals surface area contributed by atoms with Crippen LogP contribution in [-0.4, -0.2) is 24.7 Å². The molecule has 2 rings (SSSR count). The average molecular weight is 298 g/mol. The first-order chi connectivity index (χ1) is 9.38. The van der Waals surface area contributed by atoms with E-state index in [1.54, 1.807) is 6.92 Å². The monoisotopic (exact) mass is 298 g/mol. The Balaban J connectivity index is 2.19. The first kappa shape index (κ1) is 14.6. The van der Waals surface area contributed by atoms with Crippen molar-refractivity contribution >= 4 is 15.7 Å². The summed E-state index contributed by atoms with van der Waals surface area (Å²) in [7, 11) is -3.66. The molecule has 20 heavy (non-hydrogen) atoms. The predicted octanol–water partition coefficient (Wildman–Crippen LogP) is 1.61. The Morgan fingerprint density at radius 2 is 2.20 bits per heavy atom. The van der Waals surface area contributed by atoms with Crippen molar-refractivity contribution in [2.45, 2.75) is 38.3 Å². The second-order valence-electron chi connectivity index (χ2n) is 4.76. The summed E-state index contributed by atoms with van der Waals surface area (Å²) in [6.45, 7) is 6.13. The normalized spacial score (nSPS) is 12.0. The SMILES string of the molecule is Cc1oc(CNC(C)C)cc1S(=O)(=O)Nc1cn[nH]c1. The molecule has 110 valence electrons. The van der Waals surface area contributed by atoms with Gasteiger partial charge in [-0.2, -0.15) is 5.10 Å². The number of sulfonamides is 1. The highest BCUT2D eigenvalue weighted by molar-refractivity contribution is 7.92. The molecule has 0 aliphatic rings. The molecule has 2 aromatic rings. The maximum atomic E-state index is 12.2. The minimum absolute atomic E-state index is 0.138. The zero-order valence-corrected chi connectivity index (χ0v) is 12.4. The second-order valence-corrected chi connectivity index (χ2v) is 6.41. The van der Waals surface area contributed by atoms with Gasteiger partial charge in [0.25, 0.3) is 10.0 Å². The minimum atomic E-state index is -3.66. The first-order valence-corrected chi connectivity index (χ1v) is 7.71. The van der Waals surface area contributed by atoms with Gasteiger partial charge in [-0.05, 0) is 6.92 Å². The van der Waals surface area contributed by atoms with Crippen LogP contribution >= 0.6 is 0 Å². The molecule has 0 amide bonds. The largest absolute Gasteiger partial charge is 0.464 e. The summed E-state index contributed by atoms with van der Waals surface area (Å²) in [6.07, 6.45) is 2.86. The van der Waals surface area contributed by atoms with Crippen molar-refractivity contribution in [1.29, 1.82) is 0 Å². The molecule has 0 bridgehead atoms. The van der Waals surface area contributed by atoms with Crippen LogP contribution in [0.15, 0.2) is 27.8 Å². The van der Waals surface area contributed by atoms with Gasteiger partial charge in [-0.25, -0.2) is 8.42 Å². The van der Waals surface area contributed by atoms with Crippen molar-refractivity contribution in [2.75, 3.05) is 4.72 Å². The summed E-state index contributed by atoms with van der Waals surface area (Å²) in [5.74, 6) is 0.949. The van der Waals surface area contributed by atoms with Gasteiger partial charge in [0.05, 0.1) is 18.4 Å². The van der Waals surface area contributed by atoms with Crippen molar-refractivity contribution < 1.29 is 12.8 Å². The van der Waals surface area contributed by atoms with Gasteiger partial charge in [-0.1, -0.05) is 13.8 Å². The molecular weight excluding hydrogens is 280 g/mol. The summed E-state index contributed by atoms with van der Waals surface area (Å²) in [6, 6.07) is 1.83. The van der Waals surface area contributed by atoms with Gasteiger partial charge < -0.3 is 9.73 Å². The van der Waals surface area contributed by atoms with Crippen molar-refractivity contribution in [3.05, 3.63) is 30.0 Å². The van der Waals surface area contributed by atoms with Crippen molar-refractivity contribution in [3.8, 4) is 0 Å². The Morgan fingerprint density at radius 3 is 2.80 bits per heavy atom. The lowest BCUT2D eigenvalue weighted by Crippen LogP contribution is -2.21. The molecule has 7 nitrogen and oxygen atoms in total. The van der Waals surface area contributed by atoms with E-state index >= 15 is 0 Å². The molecule has 0 saturated heterocycles. The third-order valence-electron chi connectivity index (χ3n) is 2.65. The third kappa shape index (κ3) is 3.40. The van der Waals surface area contributed by atoms with Crippen LogP contribution in [0, 0.1) is 6.92 Å². The van der Waals surface area contributed by atoms with E-state index in [4.69, 9.17) is 4.42 Å². The van der Waals surface area contributed by atoms with Crippen molar-refractivity contribution in [3.63, 3.8) is 0 Å².